The van der Waals surface area contributed by atoms with Crippen molar-refractivity contribution < 1.29 is 4.42 Å². The molecule has 3 heteroatoms. The van der Waals surface area contributed by atoms with E-state index in [0.29, 0.717) is 12.0 Å². The van der Waals surface area contributed by atoms with E-state index < -0.39 is 0 Å². The van der Waals surface area contributed by atoms with E-state index in [0.717, 1.165) is 30.0 Å². The van der Waals surface area contributed by atoms with Gasteiger partial charge in [-0.2, -0.15) is 0 Å². The van der Waals surface area contributed by atoms with Crippen LogP contribution in [0.5, 0.6) is 0 Å². The molecule has 0 radical (unpaired) electrons. The first-order valence-electron chi connectivity index (χ1n) is 8.66. The molecule has 22 heavy (non-hydrogen) atoms. The summed E-state index contributed by atoms with van der Waals surface area (Å²) in [5.74, 6) is 1.54. The zero-order valence-corrected chi connectivity index (χ0v) is 13.7. The molecule has 1 aromatic carbocycles. The van der Waals surface area contributed by atoms with Crippen LogP contribution in [0.25, 0.3) is 11.1 Å². The van der Waals surface area contributed by atoms with Gasteiger partial charge in [-0.1, -0.05) is 20.8 Å². The molecule has 2 aromatic rings. The Morgan fingerprint density at radius 1 is 1.23 bits per heavy atom. The third-order valence-electron chi connectivity index (χ3n) is 6.88. The van der Waals surface area contributed by atoms with Gasteiger partial charge in [-0.05, 0) is 60.9 Å². The van der Waals surface area contributed by atoms with Gasteiger partial charge in [0, 0.05) is 17.4 Å². The predicted octanol–water partition coefficient (Wildman–Crippen LogP) is 3.91. The van der Waals surface area contributed by atoms with Crippen molar-refractivity contribution >= 4 is 11.1 Å². The number of piperidine rings is 1. The first-order valence-corrected chi connectivity index (χ1v) is 8.66. The second-order valence-electron chi connectivity index (χ2n) is 8.32. The van der Waals surface area contributed by atoms with E-state index in [1.807, 2.05) is 0 Å². The van der Waals surface area contributed by atoms with Crippen LogP contribution >= 0.6 is 0 Å². The van der Waals surface area contributed by atoms with Crippen LogP contribution in [0, 0.1) is 5.41 Å². The van der Waals surface area contributed by atoms with Crippen molar-refractivity contribution in [1.82, 2.24) is 10.3 Å². The largest absolute Gasteiger partial charge is 0.440 e. The highest BCUT2D eigenvalue weighted by Crippen LogP contribution is 2.54. The summed E-state index contributed by atoms with van der Waals surface area (Å²) in [5, 5.41) is 3.74. The predicted molar refractivity (Wildman–Crippen MR) is 87.2 cm³/mol. The van der Waals surface area contributed by atoms with Crippen molar-refractivity contribution in [1.29, 1.82) is 0 Å². The van der Waals surface area contributed by atoms with E-state index in [1.165, 1.54) is 30.4 Å². The first-order chi connectivity index (χ1) is 10.5. The lowest BCUT2D eigenvalue weighted by molar-refractivity contribution is 0.0560. The maximum Gasteiger partial charge on any atom is 0.198 e. The Balaban J connectivity index is 1.73. The number of hydrogen-bond donors (Lipinski definition) is 1. The van der Waals surface area contributed by atoms with Gasteiger partial charge in [0.1, 0.15) is 5.52 Å². The van der Waals surface area contributed by atoms with Gasteiger partial charge in [0.2, 0.25) is 0 Å². The number of rotatable bonds is 1. The molecule has 1 aliphatic heterocycles. The molecular formula is C19H24N2O. The van der Waals surface area contributed by atoms with E-state index in [2.05, 4.69) is 38.2 Å². The Hall–Kier alpha value is -1.35. The molecule has 1 saturated carbocycles. The molecule has 1 N–H and O–H groups in total. The van der Waals surface area contributed by atoms with Crippen molar-refractivity contribution in [3.05, 3.63) is 29.2 Å². The Morgan fingerprint density at radius 3 is 2.82 bits per heavy atom. The van der Waals surface area contributed by atoms with Crippen molar-refractivity contribution in [3.8, 4) is 0 Å². The lowest BCUT2D eigenvalue weighted by Gasteiger charge is -2.57. The minimum atomic E-state index is 0.219. The molecular weight excluding hydrogens is 272 g/mol. The molecule has 2 atom stereocenters. The zero-order chi connectivity index (χ0) is 15.1. The lowest BCUT2D eigenvalue weighted by Crippen LogP contribution is -2.62. The maximum absolute atomic E-state index is 6.08. The monoisotopic (exact) mass is 296 g/mol. The first kappa shape index (κ1) is 13.1. The Labute approximate surface area is 131 Å². The number of nitrogens with zero attached hydrogens (tertiary/aromatic N) is 1. The average Bonchev–Trinajstić information content (AvgIpc) is 3.22. The van der Waals surface area contributed by atoms with Crippen molar-refractivity contribution in [3.63, 3.8) is 0 Å². The molecule has 2 fully saturated rings. The minimum Gasteiger partial charge on any atom is -0.440 e. The lowest BCUT2D eigenvalue weighted by atomic mass is 9.51. The second kappa shape index (κ2) is 3.94. The SMILES string of the molecule is CC1(C)[C@H]2Cc3cc4nc(C5CC5)oc4cc3[C@]1(C)CCN2. The molecule has 3 nitrogen and oxygen atoms in total. The quantitative estimate of drug-likeness (QED) is 0.867. The summed E-state index contributed by atoms with van der Waals surface area (Å²) in [6.45, 7) is 8.41. The van der Waals surface area contributed by atoms with E-state index in [9.17, 15) is 0 Å². The van der Waals surface area contributed by atoms with Crippen LogP contribution in [0.3, 0.4) is 0 Å². The Morgan fingerprint density at radius 2 is 2.05 bits per heavy atom. The number of benzene rings is 1. The summed E-state index contributed by atoms with van der Waals surface area (Å²) in [6, 6.07) is 5.17. The molecule has 1 saturated heterocycles. The third-order valence-corrected chi connectivity index (χ3v) is 6.88. The molecule has 0 spiro atoms. The van der Waals surface area contributed by atoms with Gasteiger partial charge in [0.25, 0.3) is 0 Å². The highest BCUT2D eigenvalue weighted by molar-refractivity contribution is 5.76. The highest BCUT2D eigenvalue weighted by atomic mass is 16.3. The third kappa shape index (κ3) is 1.53. The number of fused-ring (bicyclic) bond motifs is 5. The summed E-state index contributed by atoms with van der Waals surface area (Å²) in [4.78, 5) is 4.75. The van der Waals surface area contributed by atoms with Crippen LogP contribution in [0.1, 0.15) is 63.0 Å². The average molecular weight is 296 g/mol. The maximum atomic E-state index is 6.08. The van der Waals surface area contributed by atoms with Gasteiger partial charge in [-0.3, -0.25) is 0 Å². The molecule has 5 rings (SSSR count). The van der Waals surface area contributed by atoms with Gasteiger partial charge in [0.05, 0.1) is 0 Å². The fraction of sp³-hybridized carbons (Fsp3) is 0.632. The van der Waals surface area contributed by atoms with Gasteiger partial charge >= 0.3 is 0 Å². The number of oxazole rings is 1. The van der Waals surface area contributed by atoms with Gasteiger partial charge in [0.15, 0.2) is 11.5 Å². The summed E-state index contributed by atoms with van der Waals surface area (Å²) in [7, 11) is 0. The van der Waals surface area contributed by atoms with Crippen LogP contribution in [-0.4, -0.2) is 17.6 Å². The van der Waals surface area contributed by atoms with Crippen LogP contribution in [0.2, 0.25) is 0 Å². The van der Waals surface area contributed by atoms with Gasteiger partial charge in [-0.15, -0.1) is 0 Å². The highest BCUT2D eigenvalue weighted by Gasteiger charge is 2.53. The molecule has 1 aromatic heterocycles. The van der Waals surface area contributed by atoms with E-state index in [-0.39, 0.29) is 10.8 Å². The molecule has 116 valence electrons. The molecule has 2 heterocycles. The minimum absolute atomic E-state index is 0.219. The van der Waals surface area contributed by atoms with Crippen molar-refractivity contribution in [2.24, 2.45) is 5.41 Å². The number of nitrogens with one attached hydrogen (secondary N) is 1. The Bertz CT molecular complexity index is 771. The van der Waals surface area contributed by atoms with Crippen LogP contribution < -0.4 is 5.32 Å². The molecule has 2 aliphatic carbocycles. The molecule has 2 bridgehead atoms. The van der Waals surface area contributed by atoms with Gasteiger partial charge in [-0.25, -0.2) is 4.98 Å². The zero-order valence-electron chi connectivity index (χ0n) is 13.7. The second-order valence-corrected chi connectivity index (χ2v) is 8.32. The molecule has 3 aliphatic rings. The van der Waals surface area contributed by atoms with Crippen molar-refractivity contribution in [2.75, 3.05) is 6.54 Å². The molecule has 0 unspecified atom stereocenters. The smallest absolute Gasteiger partial charge is 0.198 e. The fourth-order valence-electron chi connectivity index (χ4n) is 4.71. The van der Waals surface area contributed by atoms with Crippen LogP contribution in [-0.2, 0) is 11.8 Å². The summed E-state index contributed by atoms with van der Waals surface area (Å²) in [5.41, 5.74) is 5.52. The van der Waals surface area contributed by atoms with E-state index in [4.69, 9.17) is 9.40 Å². The Kier molecular flexibility index (Phi) is 2.35. The van der Waals surface area contributed by atoms with Gasteiger partial charge < -0.3 is 9.73 Å². The summed E-state index contributed by atoms with van der Waals surface area (Å²) < 4.78 is 6.08. The summed E-state index contributed by atoms with van der Waals surface area (Å²) in [6.07, 6.45) is 4.78. The normalized spacial score (nSPS) is 33.0. The molecule has 0 amide bonds. The standard InChI is InChI=1S/C19H24N2O/c1-18(2)16-9-12-8-14-15(22-17(21-14)11-4-5-11)10-13(12)19(18,3)6-7-20-16/h8,10-11,16,20H,4-7,9H2,1-3H3/t16-,19+/m1/s1. The summed E-state index contributed by atoms with van der Waals surface area (Å²) >= 11 is 0. The topological polar surface area (TPSA) is 38.1 Å². The van der Waals surface area contributed by atoms with Crippen molar-refractivity contribution in [2.45, 2.75) is 63.8 Å². The number of aromatic nitrogens is 1. The van der Waals surface area contributed by atoms with E-state index in [1.54, 1.807) is 0 Å². The van der Waals surface area contributed by atoms with Crippen LogP contribution in [0.15, 0.2) is 16.5 Å². The fourth-order valence-corrected chi connectivity index (χ4v) is 4.71. The number of hydrogen-bond acceptors (Lipinski definition) is 3. The van der Waals surface area contributed by atoms with E-state index >= 15 is 0 Å². The van der Waals surface area contributed by atoms with Crippen LogP contribution in [0.4, 0.5) is 0 Å².